The quantitative estimate of drug-likeness (QED) is 0.782. The molecule has 0 unspecified atom stereocenters. The highest BCUT2D eigenvalue weighted by molar-refractivity contribution is 5.62. The molecule has 0 amide bonds. The van der Waals surface area contributed by atoms with E-state index in [1.54, 1.807) is 0 Å². The van der Waals surface area contributed by atoms with E-state index in [-0.39, 0.29) is 0 Å². The molecule has 4 nitrogen and oxygen atoms in total. The zero-order valence-electron chi connectivity index (χ0n) is 9.10. The summed E-state index contributed by atoms with van der Waals surface area (Å²) < 4.78 is 5.23. The average molecular weight is 215 g/mol. The van der Waals surface area contributed by atoms with Crippen molar-refractivity contribution in [3.05, 3.63) is 29.6 Å². The van der Waals surface area contributed by atoms with Crippen LogP contribution in [0, 0.1) is 6.92 Å². The third-order valence-electron chi connectivity index (χ3n) is 2.91. The number of aromatic nitrogens is 2. The number of hydrogen-bond donors (Lipinski definition) is 1. The molecule has 2 aromatic rings. The lowest BCUT2D eigenvalue weighted by Gasteiger charge is -2.00. The first-order valence-corrected chi connectivity index (χ1v) is 5.44. The second kappa shape index (κ2) is 3.33. The van der Waals surface area contributed by atoms with Crippen molar-refractivity contribution >= 4 is 5.69 Å². The molecular weight excluding hydrogens is 202 g/mol. The van der Waals surface area contributed by atoms with Crippen LogP contribution in [0.5, 0.6) is 0 Å². The zero-order valence-corrected chi connectivity index (χ0v) is 9.10. The van der Waals surface area contributed by atoms with E-state index in [9.17, 15) is 0 Å². The Morgan fingerprint density at radius 1 is 1.38 bits per heavy atom. The summed E-state index contributed by atoms with van der Waals surface area (Å²) in [5.41, 5.74) is 8.55. The van der Waals surface area contributed by atoms with E-state index in [4.69, 9.17) is 10.3 Å². The minimum atomic E-state index is 0.514. The van der Waals surface area contributed by atoms with Gasteiger partial charge >= 0.3 is 0 Å². The Balaban J connectivity index is 1.97. The summed E-state index contributed by atoms with van der Waals surface area (Å²) in [5, 5.41) is 3.98. The van der Waals surface area contributed by atoms with Crippen LogP contribution in [-0.2, 0) is 0 Å². The maximum Gasteiger partial charge on any atom is 0.258 e. The van der Waals surface area contributed by atoms with Gasteiger partial charge in [-0.1, -0.05) is 11.2 Å². The molecule has 16 heavy (non-hydrogen) atoms. The summed E-state index contributed by atoms with van der Waals surface area (Å²) in [5.74, 6) is 1.91. The van der Waals surface area contributed by atoms with Gasteiger partial charge in [-0.3, -0.25) is 0 Å². The van der Waals surface area contributed by atoms with Gasteiger partial charge in [0.05, 0.1) is 0 Å². The highest BCUT2D eigenvalue weighted by Crippen LogP contribution is 2.38. The van der Waals surface area contributed by atoms with E-state index in [1.807, 2.05) is 25.1 Å². The molecule has 82 valence electrons. The molecule has 0 aliphatic heterocycles. The first-order chi connectivity index (χ1) is 7.74. The molecule has 1 saturated carbocycles. The van der Waals surface area contributed by atoms with Gasteiger partial charge in [0.15, 0.2) is 5.82 Å². The first kappa shape index (κ1) is 9.39. The minimum absolute atomic E-state index is 0.514. The number of hydrogen-bond acceptors (Lipinski definition) is 4. The summed E-state index contributed by atoms with van der Waals surface area (Å²) in [6, 6.07) is 5.79. The van der Waals surface area contributed by atoms with Crippen LogP contribution in [-0.4, -0.2) is 10.1 Å². The predicted octanol–water partition coefficient (Wildman–Crippen LogP) is 2.50. The average Bonchev–Trinajstić information content (AvgIpc) is 3.01. The summed E-state index contributed by atoms with van der Waals surface area (Å²) >= 11 is 0. The molecule has 0 saturated heterocycles. The van der Waals surface area contributed by atoms with Gasteiger partial charge in [0.25, 0.3) is 5.89 Å². The van der Waals surface area contributed by atoms with Crippen LogP contribution >= 0.6 is 0 Å². The fraction of sp³-hybridized carbons (Fsp3) is 0.333. The monoisotopic (exact) mass is 215 g/mol. The van der Waals surface area contributed by atoms with Crippen LogP contribution in [0.2, 0.25) is 0 Å². The van der Waals surface area contributed by atoms with Crippen molar-refractivity contribution in [3.63, 3.8) is 0 Å². The molecule has 4 heteroatoms. The molecule has 1 aromatic carbocycles. The van der Waals surface area contributed by atoms with E-state index >= 15 is 0 Å². The second-order valence-electron chi connectivity index (χ2n) is 4.30. The van der Waals surface area contributed by atoms with E-state index < -0.39 is 0 Å². The van der Waals surface area contributed by atoms with Crippen molar-refractivity contribution in [2.75, 3.05) is 5.73 Å². The maximum absolute atomic E-state index is 5.85. The molecule has 1 aliphatic carbocycles. The van der Waals surface area contributed by atoms with Gasteiger partial charge in [-0.05, 0) is 37.5 Å². The lowest BCUT2D eigenvalue weighted by atomic mass is 10.1. The van der Waals surface area contributed by atoms with Crippen molar-refractivity contribution in [1.29, 1.82) is 0 Å². The fourth-order valence-electron chi connectivity index (χ4n) is 1.63. The molecule has 0 bridgehead atoms. The van der Waals surface area contributed by atoms with Gasteiger partial charge in [-0.15, -0.1) is 0 Å². The second-order valence-corrected chi connectivity index (χ2v) is 4.30. The number of rotatable bonds is 2. The number of aryl methyl sites for hydroxylation is 1. The number of benzene rings is 1. The molecule has 1 aromatic heterocycles. The molecule has 1 aliphatic rings. The molecule has 0 atom stereocenters. The lowest BCUT2D eigenvalue weighted by molar-refractivity contribution is 0.422. The van der Waals surface area contributed by atoms with Gasteiger partial charge in [-0.2, -0.15) is 4.98 Å². The van der Waals surface area contributed by atoms with Crippen molar-refractivity contribution in [3.8, 4) is 11.5 Å². The van der Waals surface area contributed by atoms with Crippen molar-refractivity contribution in [2.45, 2.75) is 25.7 Å². The summed E-state index contributed by atoms with van der Waals surface area (Å²) in [4.78, 5) is 4.38. The third kappa shape index (κ3) is 1.56. The van der Waals surface area contributed by atoms with E-state index in [0.29, 0.717) is 11.8 Å². The fourth-order valence-corrected chi connectivity index (χ4v) is 1.63. The third-order valence-corrected chi connectivity index (χ3v) is 2.91. The van der Waals surface area contributed by atoms with Gasteiger partial charge in [0.2, 0.25) is 0 Å². The zero-order chi connectivity index (χ0) is 11.1. The molecule has 2 N–H and O–H groups in total. The molecule has 0 radical (unpaired) electrons. The SMILES string of the molecule is Cc1ccc(-c2nc(C3CC3)no2)cc1N. The number of anilines is 1. The van der Waals surface area contributed by atoms with Gasteiger partial charge in [0.1, 0.15) is 0 Å². The van der Waals surface area contributed by atoms with Crippen molar-refractivity contribution < 1.29 is 4.52 Å². The van der Waals surface area contributed by atoms with Gasteiger partial charge in [-0.25, -0.2) is 0 Å². The Labute approximate surface area is 93.5 Å². The number of nitrogen functional groups attached to an aromatic ring is 1. The van der Waals surface area contributed by atoms with E-state index in [1.165, 1.54) is 12.8 Å². The highest BCUT2D eigenvalue weighted by atomic mass is 16.5. The topological polar surface area (TPSA) is 64.9 Å². The normalized spacial score (nSPS) is 15.3. The largest absolute Gasteiger partial charge is 0.398 e. The summed E-state index contributed by atoms with van der Waals surface area (Å²) in [7, 11) is 0. The van der Waals surface area contributed by atoms with Crippen LogP contribution in [0.15, 0.2) is 22.7 Å². The van der Waals surface area contributed by atoms with Crippen LogP contribution in [0.1, 0.15) is 30.1 Å². The van der Waals surface area contributed by atoms with Crippen molar-refractivity contribution in [2.24, 2.45) is 0 Å². The standard InChI is InChI=1S/C12H13N3O/c1-7-2-3-9(6-10(7)13)12-14-11(15-16-12)8-4-5-8/h2-3,6,8H,4-5,13H2,1H3. The molecule has 1 fully saturated rings. The van der Waals surface area contributed by atoms with Crippen LogP contribution in [0.4, 0.5) is 5.69 Å². The first-order valence-electron chi connectivity index (χ1n) is 5.44. The minimum Gasteiger partial charge on any atom is -0.398 e. The summed E-state index contributed by atoms with van der Waals surface area (Å²) in [6.45, 7) is 1.97. The predicted molar refractivity (Wildman–Crippen MR) is 60.9 cm³/mol. The van der Waals surface area contributed by atoms with Crippen LogP contribution in [0.25, 0.3) is 11.5 Å². The van der Waals surface area contributed by atoms with Gasteiger partial charge in [0, 0.05) is 17.2 Å². The smallest absolute Gasteiger partial charge is 0.258 e. The van der Waals surface area contributed by atoms with E-state index in [2.05, 4.69) is 10.1 Å². The lowest BCUT2D eigenvalue weighted by Crippen LogP contribution is -1.90. The molecule has 0 spiro atoms. The Kier molecular flexibility index (Phi) is 1.96. The molecule has 1 heterocycles. The molecular formula is C12H13N3O. The van der Waals surface area contributed by atoms with Crippen molar-refractivity contribution in [1.82, 2.24) is 10.1 Å². The maximum atomic E-state index is 5.85. The van der Waals surface area contributed by atoms with Gasteiger partial charge < -0.3 is 10.3 Å². The Morgan fingerprint density at radius 2 is 2.19 bits per heavy atom. The highest BCUT2D eigenvalue weighted by Gasteiger charge is 2.28. The number of nitrogens with zero attached hydrogens (tertiary/aromatic N) is 2. The Morgan fingerprint density at radius 3 is 2.88 bits per heavy atom. The number of nitrogens with two attached hydrogens (primary N) is 1. The van der Waals surface area contributed by atoms with E-state index in [0.717, 1.165) is 22.6 Å². The Hall–Kier alpha value is -1.84. The van der Waals surface area contributed by atoms with Crippen LogP contribution < -0.4 is 5.73 Å². The van der Waals surface area contributed by atoms with Crippen LogP contribution in [0.3, 0.4) is 0 Å². The Bertz CT molecular complexity index is 529. The molecule has 3 rings (SSSR count). The summed E-state index contributed by atoms with van der Waals surface area (Å²) in [6.07, 6.45) is 2.35.